The lowest BCUT2D eigenvalue weighted by Crippen LogP contribution is -2.07. The second-order valence-corrected chi connectivity index (χ2v) is 4.64. The highest BCUT2D eigenvalue weighted by molar-refractivity contribution is 6.37. The van der Waals surface area contributed by atoms with Crippen LogP contribution in [0, 0.1) is 0 Å². The largest absolute Gasteiger partial charge is 0.323 e. The highest BCUT2D eigenvalue weighted by atomic mass is 35.5. The molecule has 0 saturated heterocycles. The van der Waals surface area contributed by atoms with Crippen LogP contribution in [0.4, 0.5) is 5.69 Å². The van der Waals surface area contributed by atoms with Crippen LogP contribution in [0.5, 0.6) is 0 Å². The summed E-state index contributed by atoms with van der Waals surface area (Å²) in [4.78, 5) is 11.7. The fraction of sp³-hybridized carbons (Fsp3) is 0. The molecule has 2 rings (SSSR count). The number of rotatable bonds is 3. The number of nitrogens with one attached hydrogen (secondary N) is 1. The molecule has 0 unspecified atom stereocenters. The number of halogens is 2. The number of hydrogen-bond donors (Lipinski definition) is 1. The fourth-order valence-electron chi connectivity index (χ4n) is 1.53. The molecule has 0 bridgehead atoms. The van der Waals surface area contributed by atoms with E-state index in [4.69, 9.17) is 23.2 Å². The molecule has 0 heterocycles. The smallest absolute Gasteiger partial charge is 0.248 e. The topological polar surface area (TPSA) is 29.1 Å². The molecule has 0 saturated carbocycles. The van der Waals surface area contributed by atoms with Crippen molar-refractivity contribution in [2.24, 2.45) is 0 Å². The molecule has 0 spiro atoms. The average Bonchev–Trinajstić information content (AvgIpc) is 2.39. The molecule has 19 heavy (non-hydrogen) atoms. The minimum absolute atomic E-state index is 0.234. The highest BCUT2D eigenvalue weighted by Gasteiger charge is 2.02. The summed E-state index contributed by atoms with van der Waals surface area (Å²) in [5.74, 6) is -0.234. The molecule has 2 nitrogen and oxygen atoms in total. The van der Waals surface area contributed by atoms with E-state index in [1.807, 2.05) is 30.3 Å². The molecule has 0 fully saturated rings. The number of para-hydroxylation sites is 1. The van der Waals surface area contributed by atoms with Crippen LogP contribution in [0.1, 0.15) is 5.56 Å². The maximum absolute atomic E-state index is 11.7. The first kappa shape index (κ1) is 13.7. The average molecular weight is 292 g/mol. The van der Waals surface area contributed by atoms with Gasteiger partial charge in [0.15, 0.2) is 0 Å². The first-order valence-electron chi connectivity index (χ1n) is 5.65. The second-order valence-electron chi connectivity index (χ2n) is 3.82. The van der Waals surface area contributed by atoms with E-state index in [1.165, 1.54) is 6.08 Å². The molecule has 0 aliphatic heterocycles. The van der Waals surface area contributed by atoms with Gasteiger partial charge in [0.1, 0.15) is 0 Å². The van der Waals surface area contributed by atoms with Crippen LogP contribution in [0.2, 0.25) is 10.0 Å². The number of hydrogen-bond acceptors (Lipinski definition) is 1. The Kier molecular flexibility index (Phi) is 4.61. The molecule has 0 aliphatic rings. The molecule has 0 aromatic heterocycles. The SMILES string of the molecule is O=C(/C=C/c1c(Cl)cccc1Cl)Nc1ccccc1. The van der Waals surface area contributed by atoms with Crippen LogP contribution in [0.3, 0.4) is 0 Å². The predicted molar refractivity (Wildman–Crippen MR) is 80.6 cm³/mol. The quantitative estimate of drug-likeness (QED) is 0.820. The van der Waals surface area contributed by atoms with E-state index in [0.717, 1.165) is 5.69 Å². The maximum Gasteiger partial charge on any atom is 0.248 e. The molecule has 4 heteroatoms. The first-order chi connectivity index (χ1) is 9.16. The van der Waals surface area contributed by atoms with E-state index in [0.29, 0.717) is 15.6 Å². The van der Waals surface area contributed by atoms with E-state index in [9.17, 15) is 4.79 Å². The molecular formula is C15H11Cl2NO. The zero-order valence-corrected chi connectivity index (χ0v) is 11.4. The third kappa shape index (κ3) is 3.85. The Morgan fingerprint density at radius 2 is 1.58 bits per heavy atom. The van der Waals surface area contributed by atoms with Gasteiger partial charge in [-0.25, -0.2) is 0 Å². The van der Waals surface area contributed by atoms with Crippen LogP contribution in [0.15, 0.2) is 54.6 Å². The van der Waals surface area contributed by atoms with Crippen LogP contribution in [0.25, 0.3) is 6.08 Å². The van der Waals surface area contributed by atoms with Crippen molar-refractivity contribution in [3.8, 4) is 0 Å². The molecule has 2 aromatic rings. The Labute approximate surface area is 121 Å². The van der Waals surface area contributed by atoms with Crippen LogP contribution in [-0.2, 0) is 4.79 Å². The van der Waals surface area contributed by atoms with Gasteiger partial charge < -0.3 is 5.32 Å². The summed E-state index contributed by atoms with van der Waals surface area (Å²) in [5.41, 5.74) is 1.37. The van der Waals surface area contributed by atoms with E-state index in [-0.39, 0.29) is 5.91 Å². The summed E-state index contributed by atoms with van der Waals surface area (Å²) in [6.45, 7) is 0. The first-order valence-corrected chi connectivity index (χ1v) is 6.40. The van der Waals surface area contributed by atoms with Gasteiger partial charge in [-0.2, -0.15) is 0 Å². The molecule has 0 aliphatic carbocycles. The summed E-state index contributed by atoms with van der Waals surface area (Å²) in [6, 6.07) is 14.4. The normalized spacial score (nSPS) is 10.6. The minimum Gasteiger partial charge on any atom is -0.323 e. The summed E-state index contributed by atoms with van der Waals surface area (Å²) in [6.07, 6.45) is 3.00. The summed E-state index contributed by atoms with van der Waals surface area (Å²) >= 11 is 12.0. The monoisotopic (exact) mass is 291 g/mol. The Bertz CT molecular complexity index is 589. The summed E-state index contributed by atoms with van der Waals surface area (Å²) in [7, 11) is 0. The van der Waals surface area contributed by atoms with Gasteiger partial charge in [-0.15, -0.1) is 0 Å². The summed E-state index contributed by atoms with van der Waals surface area (Å²) < 4.78 is 0. The number of anilines is 1. The van der Waals surface area contributed by atoms with Crippen molar-refractivity contribution in [3.05, 3.63) is 70.2 Å². The number of benzene rings is 2. The minimum atomic E-state index is -0.234. The van der Waals surface area contributed by atoms with E-state index >= 15 is 0 Å². The van der Waals surface area contributed by atoms with Crippen LogP contribution >= 0.6 is 23.2 Å². The number of carbonyl (C=O) groups is 1. The van der Waals surface area contributed by atoms with Crippen LogP contribution < -0.4 is 5.32 Å². The van der Waals surface area contributed by atoms with Gasteiger partial charge in [0.05, 0.1) is 0 Å². The van der Waals surface area contributed by atoms with Gasteiger partial charge in [-0.05, 0) is 30.3 Å². The van der Waals surface area contributed by atoms with Crippen molar-refractivity contribution in [1.29, 1.82) is 0 Å². The van der Waals surface area contributed by atoms with Gasteiger partial charge >= 0.3 is 0 Å². The van der Waals surface area contributed by atoms with Crippen molar-refractivity contribution in [3.63, 3.8) is 0 Å². The van der Waals surface area contributed by atoms with E-state index in [2.05, 4.69) is 5.32 Å². The molecule has 1 amide bonds. The van der Waals surface area contributed by atoms with Crippen LogP contribution in [-0.4, -0.2) is 5.91 Å². The Morgan fingerprint density at radius 3 is 2.21 bits per heavy atom. The fourth-order valence-corrected chi connectivity index (χ4v) is 2.06. The van der Waals surface area contributed by atoms with Gasteiger partial charge in [0, 0.05) is 27.4 Å². The molecule has 0 atom stereocenters. The zero-order chi connectivity index (χ0) is 13.7. The Morgan fingerprint density at radius 1 is 0.947 bits per heavy atom. The Hall–Kier alpha value is -1.77. The maximum atomic E-state index is 11.7. The molecule has 96 valence electrons. The van der Waals surface area contributed by atoms with Crippen molar-refractivity contribution < 1.29 is 4.79 Å². The molecule has 1 N–H and O–H groups in total. The van der Waals surface area contributed by atoms with Gasteiger partial charge in [0.25, 0.3) is 0 Å². The third-order valence-corrected chi connectivity index (χ3v) is 3.10. The van der Waals surface area contributed by atoms with E-state index < -0.39 is 0 Å². The second kappa shape index (κ2) is 6.41. The van der Waals surface area contributed by atoms with Crippen molar-refractivity contribution in [2.45, 2.75) is 0 Å². The molecular weight excluding hydrogens is 281 g/mol. The lowest BCUT2D eigenvalue weighted by molar-refractivity contribution is -0.111. The van der Waals surface area contributed by atoms with E-state index in [1.54, 1.807) is 24.3 Å². The lowest BCUT2D eigenvalue weighted by atomic mass is 10.2. The van der Waals surface area contributed by atoms with Gasteiger partial charge in [-0.3, -0.25) is 4.79 Å². The van der Waals surface area contributed by atoms with Crippen molar-refractivity contribution in [2.75, 3.05) is 5.32 Å². The predicted octanol–water partition coefficient (Wildman–Crippen LogP) is 4.65. The number of carbonyl (C=O) groups excluding carboxylic acids is 1. The summed E-state index contributed by atoms with van der Waals surface area (Å²) in [5, 5.41) is 3.76. The van der Waals surface area contributed by atoms with Gasteiger partial charge in [0.2, 0.25) is 5.91 Å². The van der Waals surface area contributed by atoms with Gasteiger partial charge in [-0.1, -0.05) is 47.5 Å². The standard InChI is InChI=1S/C15H11Cl2NO/c16-13-7-4-8-14(17)12(13)9-10-15(19)18-11-5-2-1-3-6-11/h1-10H,(H,18,19)/b10-9+. The zero-order valence-electron chi connectivity index (χ0n) is 9.94. The molecule has 0 radical (unpaired) electrons. The highest BCUT2D eigenvalue weighted by Crippen LogP contribution is 2.25. The lowest BCUT2D eigenvalue weighted by Gasteiger charge is -2.02. The van der Waals surface area contributed by atoms with Crippen molar-refractivity contribution in [1.82, 2.24) is 0 Å². The molecule has 2 aromatic carbocycles. The van der Waals surface area contributed by atoms with Crippen molar-refractivity contribution >= 4 is 40.9 Å². The third-order valence-electron chi connectivity index (χ3n) is 2.44. The Balaban J connectivity index is 2.09. The number of amides is 1.